The van der Waals surface area contributed by atoms with Crippen molar-refractivity contribution in [3.05, 3.63) is 40.3 Å². The predicted octanol–water partition coefficient (Wildman–Crippen LogP) is -0.680. The van der Waals surface area contributed by atoms with Crippen molar-refractivity contribution >= 4 is 29.4 Å². The Bertz CT molecular complexity index is 774. The second-order valence-corrected chi connectivity index (χ2v) is 5.79. The Morgan fingerprint density at radius 2 is 1.79 bits per heavy atom. The maximum Gasteiger partial charge on any atom is 0.322 e. The fraction of sp³-hybridized carbons (Fsp3) is 0.375. The van der Waals surface area contributed by atoms with Crippen LogP contribution in [0.4, 0.5) is 5.69 Å². The number of azide groups is 1. The summed E-state index contributed by atoms with van der Waals surface area (Å²) in [4.78, 5) is 48.4. The van der Waals surface area contributed by atoms with Crippen LogP contribution in [0.2, 0.25) is 0 Å². The summed E-state index contributed by atoms with van der Waals surface area (Å²) >= 11 is 0. The molecule has 1 aromatic rings. The third-order valence-electron chi connectivity index (χ3n) is 3.50. The van der Waals surface area contributed by atoms with Gasteiger partial charge < -0.3 is 26.8 Å². The number of benzene rings is 1. The summed E-state index contributed by atoms with van der Waals surface area (Å²) < 4.78 is 0. The average molecular weight is 391 g/mol. The molecule has 0 heterocycles. The molecule has 0 saturated heterocycles. The molecule has 0 radical (unpaired) electrons. The summed E-state index contributed by atoms with van der Waals surface area (Å²) in [5.74, 6) is -3.06. The largest absolute Gasteiger partial charge is 0.480 e. The smallest absolute Gasteiger partial charge is 0.322 e. The molecule has 1 aromatic carbocycles. The van der Waals surface area contributed by atoms with Crippen molar-refractivity contribution in [3.63, 3.8) is 0 Å². The van der Waals surface area contributed by atoms with Crippen LogP contribution < -0.4 is 21.7 Å². The van der Waals surface area contributed by atoms with Gasteiger partial charge in [-0.3, -0.25) is 19.2 Å². The van der Waals surface area contributed by atoms with E-state index >= 15 is 0 Å². The topological polar surface area (TPSA) is 199 Å². The van der Waals surface area contributed by atoms with Crippen molar-refractivity contribution in [2.45, 2.75) is 25.4 Å². The number of nitrogens with one attached hydrogen (secondary N) is 3. The lowest BCUT2D eigenvalue weighted by Crippen LogP contribution is -2.52. The Labute approximate surface area is 160 Å². The van der Waals surface area contributed by atoms with Gasteiger partial charge in [-0.05, 0) is 24.4 Å². The Balaban J connectivity index is 2.44. The highest BCUT2D eigenvalue weighted by molar-refractivity contribution is 5.92. The number of nitrogens with zero attached hydrogens (tertiary/aromatic N) is 3. The molecule has 0 aliphatic heterocycles. The van der Waals surface area contributed by atoms with E-state index in [4.69, 9.17) is 16.4 Å². The summed E-state index contributed by atoms with van der Waals surface area (Å²) in [6, 6.07) is 4.65. The van der Waals surface area contributed by atoms with Gasteiger partial charge in [-0.1, -0.05) is 29.4 Å². The highest BCUT2D eigenvalue weighted by Gasteiger charge is 2.20. The highest BCUT2D eigenvalue weighted by Crippen LogP contribution is 2.14. The van der Waals surface area contributed by atoms with Gasteiger partial charge in [-0.25, -0.2) is 0 Å². The van der Waals surface area contributed by atoms with Gasteiger partial charge in [0.15, 0.2) is 0 Å². The van der Waals surface area contributed by atoms with Gasteiger partial charge in [-0.15, -0.1) is 0 Å². The fourth-order valence-electron chi connectivity index (χ4n) is 2.04. The summed E-state index contributed by atoms with van der Waals surface area (Å²) in [6.07, 6.45) is 0.203. The molecule has 0 aliphatic carbocycles. The molecule has 3 amide bonds. The number of rotatable bonds is 10. The van der Waals surface area contributed by atoms with Crippen molar-refractivity contribution in [3.8, 4) is 0 Å². The molecule has 0 spiro atoms. The second-order valence-electron chi connectivity index (χ2n) is 5.79. The van der Waals surface area contributed by atoms with Crippen molar-refractivity contribution < 1.29 is 24.3 Å². The highest BCUT2D eigenvalue weighted by atomic mass is 16.4. The molecule has 0 aromatic heterocycles. The van der Waals surface area contributed by atoms with Gasteiger partial charge in [-0.2, -0.15) is 0 Å². The van der Waals surface area contributed by atoms with E-state index < -0.39 is 48.9 Å². The van der Waals surface area contributed by atoms with Gasteiger partial charge in [0.05, 0.1) is 12.6 Å². The standard InChI is InChI=1S/C16H21N7O5/c1-9(15(27)20-7-13(24)19-8-14(25)26)21-16(28)12(17)6-10-2-4-11(5-3-10)22-23-18/h2-5,9,12H,6-8,17H2,1H3,(H,19,24)(H,20,27)(H,21,28)(H,25,26). The van der Waals surface area contributed by atoms with E-state index in [9.17, 15) is 19.2 Å². The lowest BCUT2D eigenvalue weighted by atomic mass is 10.1. The number of hydrogen-bond acceptors (Lipinski definition) is 6. The van der Waals surface area contributed by atoms with E-state index in [2.05, 4.69) is 26.0 Å². The molecule has 0 bridgehead atoms. The number of carboxylic acids is 1. The fourth-order valence-corrected chi connectivity index (χ4v) is 2.04. The quantitative estimate of drug-likeness (QED) is 0.199. The van der Waals surface area contributed by atoms with Crippen LogP contribution in [0, 0.1) is 0 Å². The van der Waals surface area contributed by atoms with Crippen LogP contribution in [0.5, 0.6) is 0 Å². The summed E-state index contributed by atoms with van der Waals surface area (Å²) in [5.41, 5.74) is 15.4. The molecule has 12 heteroatoms. The van der Waals surface area contributed by atoms with Crippen LogP contribution >= 0.6 is 0 Å². The zero-order valence-electron chi connectivity index (χ0n) is 15.1. The van der Waals surface area contributed by atoms with Crippen molar-refractivity contribution in [1.82, 2.24) is 16.0 Å². The zero-order valence-corrected chi connectivity index (χ0v) is 15.1. The molecule has 1 rings (SSSR count). The molecular formula is C16H21N7O5. The van der Waals surface area contributed by atoms with Crippen LogP contribution in [-0.4, -0.2) is 54.0 Å². The predicted molar refractivity (Wildman–Crippen MR) is 98.2 cm³/mol. The first-order chi connectivity index (χ1) is 13.2. The van der Waals surface area contributed by atoms with E-state index in [-0.39, 0.29) is 6.42 Å². The van der Waals surface area contributed by atoms with E-state index in [1.165, 1.54) is 6.92 Å². The molecule has 150 valence electrons. The molecule has 2 unspecified atom stereocenters. The van der Waals surface area contributed by atoms with Gasteiger partial charge in [0.25, 0.3) is 0 Å². The molecule has 2 atom stereocenters. The Morgan fingerprint density at radius 1 is 1.14 bits per heavy atom. The van der Waals surface area contributed by atoms with Gasteiger partial charge >= 0.3 is 5.97 Å². The lowest BCUT2D eigenvalue weighted by Gasteiger charge is -2.17. The molecule has 6 N–H and O–H groups in total. The first kappa shape index (κ1) is 22.4. The normalized spacial score (nSPS) is 12.1. The summed E-state index contributed by atoms with van der Waals surface area (Å²) in [5, 5.41) is 18.7. The van der Waals surface area contributed by atoms with Crippen LogP contribution in [-0.2, 0) is 25.6 Å². The van der Waals surface area contributed by atoms with Crippen molar-refractivity contribution in [2.24, 2.45) is 10.8 Å². The first-order valence-corrected chi connectivity index (χ1v) is 8.19. The maximum absolute atomic E-state index is 12.1. The molecule has 12 nitrogen and oxygen atoms in total. The number of hydrogen-bond donors (Lipinski definition) is 5. The third-order valence-corrected chi connectivity index (χ3v) is 3.50. The maximum atomic E-state index is 12.1. The van der Waals surface area contributed by atoms with Crippen LogP contribution in [0.3, 0.4) is 0 Å². The van der Waals surface area contributed by atoms with Crippen LogP contribution in [0.15, 0.2) is 29.4 Å². The SMILES string of the molecule is CC(NC(=O)C(N)Cc1ccc(N=[N+]=[N-])cc1)C(=O)NCC(=O)NCC(=O)O. The number of aliphatic carboxylic acids is 1. The number of carbonyl (C=O) groups is 4. The monoisotopic (exact) mass is 391 g/mol. The van der Waals surface area contributed by atoms with E-state index in [0.717, 1.165) is 5.56 Å². The Morgan fingerprint density at radius 3 is 2.36 bits per heavy atom. The summed E-state index contributed by atoms with van der Waals surface area (Å²) in [7, 11) is 0. The number of amides is 3. The lowest BCUT2D eigenvalue weighted by molar-refractivity contribution is -0.138. The number of carbonyl (C=O) groups excluding carboxylic acids is 3. The summed E-state index contributed by atoms with van der Waals surface area (Å²) in [6.45, 7) is 0.444. The third kappa shape index (κ3) is 8.17. The Hall–Kier alpha value is -3.63. The zero-order chi connectivity index (χ0) is 21.1. The molecule has 0 saturated carbocycles. The van der Waals surface area contributed by atoms with Crippen molar-refractivity contribution in [2.75, 3.05) is 13.1 Å². The second kappa shape index (κ2) is 11.2. The van der Waals surface area contributed by atoms with E-state index in [0.29, 0.717) is 5.69 Å². The van der Waals surface area contributed by atoms with E-state index in [1.807, 2.05) is 0 Å². The Kier molecular flexibility index (Phi) is 8.93. The van der Waals surface area contributed by atoms with Crippen molar-refractivity contribution in [1.29, 1.82) is 0 Å². The minimum Gasteiger partial charge on any atom is -0.480 e. The molecule has 0 fully saturated rings. The average Bonchev–Trinajstić information content (AvgIpc) is 2.65. The molecule has 0 aliphatic rings. The number of nitrogens with two attached hydrogens (primary N) is 1. The molecular weight excluding hydrogens is 370 g/mol. The minimum absolute atomic E-state index is 0.203. The minimum atomic E-state index is -1.21. The van der Waals surface area contributed by atoms with Gasteiger partial charge in [0, 0.05) is 10.6 Å². The van der Waals surface area contributed by atoms with E-state index in [1.54, 1.807) is 24.3 Å². The molecule has 28 heavy (non-hydrogen) atoms. The van der Waals surface area contributed by atoms with Gasteiger partial charge in [0.2, 0.25) is 17.7 Å². The van der Waals surface area contributed by atoms with Crippen LogP contribution in [0.1, 0.15) is 12.5 Å². The number of carboxylic acid groups (broad SMARTS) is 1. The van der Waals surface area contributed by atoms with Gasteiger partial charge in [0.1, 0.15) is 12.6 Å². The van der Waals surface area contributed by atoms with Crippen LogP contribution in [0.25, 0.3) is 10.4 Å². The first-order valence-electron chi connectivity index (χ1n) is 8.19.